The first kappa shape index (κ1) is 21.6. The fourth-order valence-electron chi connectivity index (χ4n) is 3.16. The van der Waals surface area contributed by atoms with Crippen molar-refractivity contribution in [1.82, 2.24) is 9.97 Å². The van der Waals surface area contributed by atoms with Crippen LogP contribution in [-0.4, -0.2) is 15.9 Å². The van der Waals surface area contributed by atoms with Gasteiger partial charge in [-0.1, -0.05) is 51.3 Å². The first-order valence-corrected chi connectivity index (χ1v) is 10.5. The van der Waals surface area contributed by atoms with Gasteiger partial charge in [0.25, 0.3) is 0 Å². The predicted molar refractivity (Wildman–Crippen MR) is 116 cm³/mol. The highest BCUT2D eigenvalue weighted by Crippen LogP contribution is 2.22. The van der Waals surface area contributed by atoms with E-state index < -0.39 is 11.8 Å². The zero-order valence-corrected chi connectivity index (χ0v) is 17.5. The lowest BCUT2D eigenvalue weighted by Crippen LogP contribution is -2.09. The molecule has 0 aliphatic heterocycles. The van der Waals surface area contributed by atoms with Crippen molar-refractivity contribution >= 4 is 5.97 Å². The number of aryl methyl sites for hydroxylation is 2. The van der Waals surface area contributed by atoms with Gasteiger partial charge in [-0.25, -0.2) is 9.18 Å². The Balaban J connectivity index is 1.62. The molecule has 3 rings (SSSR count). The van der Waals surface area contributed by atoms with Crippen molar-refractivity contribution in [2.75, 3.05) is 0 Å². The first-order valence-electron chi connectivity index (χ1n) is 10.5. The van der Waals surface area contributed by atoms with Gasteiger partial charge >= 0.3 is 5.97 Å². The summed E-state index contributed by atoms with van der Waals surface area (Å²) in [5.74, 6) is -1.16. The van der Waals surface area contributed by atoms with Crippen LogP contribution in [0.2, 0.25) is 0 Å². The monoisotopic (exact) mass is 406 g/mol. The molecule has 0 amide bonds. The second-order valence-electron chi connectivity index (χ2n) is 7.29. The topological polar surface area (TPSA) is 52.1 Å². The van der Waals surface area contributed by atoms with Crippen LogP contribution in [0.4, 0.5) is 4.39 Å². The summed E-state index contributed by atoms with van der Waals surface area (Å²) >= 11 is 0. The van der Waals surface area contributed by atoms with E-state index in [0.29, 0.717) is 5.56 Å². The van der Waals surface area contributed by atoms with Gasteiger partial charge in [-0.05, 0) is 49.1 Å². The van der Waals surface area contributed by atoms with E-state index in [1.165, 1.54) is 25.0 Å². The summed E-state index contributed by atoms with van der Waals surface area (Å²) in [4.78, 5) is 21.1. The van der Waals surface area contributed by atoms with Gasteiger partial charge in [-0.15, -0.1) is 0 Å². The van der Waals surface area contributed by atoms with E-state index in [1.54, 1.807) is 36.7 Å². The second kappa shape index (κ2) is 10.6. The van der Waals surface area contributed by atoms with Gasteiger partial charge in [0.1, 0.15) is 0 Å². The van der Waals surface area contributed by atoms with E-state index in [2.05, 4.69) is 16.9 Å². The Morgan fingerprint density at radius 3 is 2.40 bits per heavy atom. The van der Waals surface area contributed by atoms with Crippen LogP contribution in [0, 0.1) is 5.82 Å². The molecule has 2 aromatic carbocycles. The molecule has 0 aliphatic carbocycles. The largest absolute Gasteiger partial charge is 0.420 e. The normalized spacial score (nSPS) is 10.8. The molecule has 0 radical (unpaired) electrons. The maximum Gasteiger partial charge on any atom is 0.343 e. The third-order valence-corrected chi connectivity index (χ3v) is 5.00. The van der Waals surface area contributed by atoms with E-state index in [4.69, 9.17) is 4.74 Å². The molecule has 5 heteroatoms. The first-order chi connectivity index (χ1) is 14.6. The quantitative estimate of drug-likeness (QED) is 0.242. The van der Waals surface area contributed by atoms with Crippen molar-refractivity contribution in [3.05, 3.63) is 77.5 Å². The molecule has 0 saturated carbocycles. The Labute approximate surface area is 177 Å². The molecular formula is C25H27FN2O2. The molecule has 1 heterocycles. The Morgan fingerprint density at radius 1 is 0.967 bits per heavy atom. The lowest BCUT2D eigenvalue weighted by atomic mass is 10.1. The molecule has 0 unspecified atom stereocenters. The number of aromatic nitrogens is 2. The van der Waals surface area contributed by atoms with Gasteiger partial charge in [0.15, 0.2) is 11.6 Å². The minimum absolute atomic E-state index is 0.0533. The SMILES string of the molecule is CCCCCCc1ccc(OC(=O)c2ccc(-c3cnc(CC)cn3)cc2)c(F)c1. The van der Waals surface area contributed by atoms with E-state index in [1.807, 2.05) is 13.0 Å². The molecule has 0 bridgehead atoms. The molecule has 156 valence electrons. The zero-order chi connectivity index (χ0) is 21.3. The highest BCUT2D eigenvalue weighted by Gasteiger charge is 2.13. The molecule has 0 atom stereocenters. The number of halogens is 1. The molecule has 30 heavy (non-hydrogen) atoms. The van der Waals surface area contributed by atoms with Crippen molar-refractivity contribution in [1.29, 1.82) is 0 Å². The minimum Gasteiger partial charge on any atom is -0.420 e. The number of ether oxygens (including phenoxy) is 1. The second-order valence-corrected chi connectivity index (χ2v) is 7.29. The number of carbonyl (C=O) groups is 1. The van der Waals surface area contributed by atoms with Crippen molar-refractivity contribution in [3.8, 4) is 17.0 Å². The summed E-state index contributed by atoms with van der Waals surface area (Å²) in [6.07, 6.45) is 9.64. The smallest absolute Gasteiger partial charge is 0.343 e. The van der Waals surface area contributed by atoms with E-state index >= 15 is 0 Å². The average molecular weight is 407 g/mol. The van der Waals surface area contributed by atoms with E-state index in [-0.39, 0.29) is 5.75 Å². The lowest BCUT2D eigenvalue weighted by Gasteiger charge is -2.08. The maximum absolute atomic E-state index is 14.4. The zero-order valence-electron chi connectivity index (χ0n) is 17.5. The standard InChI is InChI=1S/C25H27FN2O2/c1-3-5-6-7-8-18-9-14-24(22(26)15-18)30-25(29)20-12-10-19(11-13-20)23-17-27-21(4-2)16-28-23/h9-17H,3-8H2,1-2H3. The van der Waals surface area contributed by atoms with Crippen LogP contribution in [0.1, 0.15) is 61.1 Å². The summed E-state index contributed by atoms with van der Waals surface area (Å²) in [6.45, 7) is 4.18. The highest BCUT2D eigenvalue weighted by atomic mass is 19.1. The van der Waals surface area contributed by atoms with Crippen LogP contribution in [0.25, 0.3) is 11.3 Å². The number of rotatable bonds is 9. The van der Waals surface area contributed by atoms with Crippen LogP contribution in [0.15, 0.2) is 54.9 Å². The molecule has 0 saturated heterocycles. The number of esters is 1. The number of unbranched alkanes of at least 4 members (excludes halogenated alkanes) is 3. The molecular weight excluding hydrogens is 379 g/mol. The third kappa shape index (κ3) is 5.72. The van der Waals surface area contributed by atoms with Gasteiger partial charge in [-0.3, -0.25) is 9.97 Å². The Hall–Kier alpha value is -3.08. The van der Waals surface area contributed by atoms with Crippen LogP contribution in [0.3, 0.4) is 0 Å². The maximum atomic E-state index is 14.4. The molecule has 4 nitrogen and oxygen atoms in total. The number of hydrogen-bond acceptors (Lipinski definition) is 4. The van der Waals surface area contributed by atoms with Crippen LogP contribution in [-0.2, 0) is 12.8 Å². The fraction of sp³-hybridized carbons (Fsp3) is 0.320. The summed E-state index contributed by atoms with van der Waals surface area (Å²) < 4.78 is 19.6. The van der Waals surface area contributed by atoms with E-state index in [9.17, 15) is 9.18 Å². The molecule has 3 aromatic rings. The average Bonchev–Trinajstić information content (AvgIpc) is 2.78. The van der Waals surface area contributed by atoms with Gasteiger partial charge in [-0.2, -0.15) is 0 Å². The van der Waals surface area contributed by atoms with Gasteiger partial charge in [0.05, 0.1) is 23.1 Å². The summed E-state index contributed by atoms with van der Waals surface area (Å²) in [7, 11) is 0. The molecule has 0 fully saturated rings. The highest BCUT2D eigenvalue weighted by molar-refractivity contribution is 5.91. The summed E-state index contributed by atoms with van der Waals surface area (Å²) in [6, 6.07) is 11.7. The number of benzene rings is 2. The van der Waals surface area contributed by atoms with Gasteiger partial charge < -0.3 is 4.74 Å². The summed E-state index contributed by atoms with van der Waals surface area (Å²) in [5.41, 5.74) is 3.77. The molecule has 0 aliphatic rings. The van der Waals surface area contributed by atoms with E-state index in [0.717, 1.165) is 48.2 Å². The van der Waals surface area contributed by atoms with Crippen LogP contribution >= 0.6 is 0 Å². The number of nitrogens with zero attached hydrogens (tertiary/aromatic N) is 2. The number of hydrogen-bond donors (Lipinski definition) is 0. The minimum atomic E-state index is -0.594. The Bertz CT molecular complexity index is 969. The lowest BCUT2D eigenvalue weighted by molar-refractivity contribution is 0.0728. The van der Waals surface area contributed by atoms with Gasteiger partial charge in [0, 0.05) is 11.8 Å². The molecule has 0 spiro atoms. The van der Waals surface area contributed by atoms with Crippen LogP contribution in [0.5, 0.6) is 5.75 Å². The van der Waals surface area contributed by atoms with Crippen molar-refractivity contribution in [2.45, 2.75) is 52.4 Å². The van der Waals surface area contributed by atoms with Crippen molar-refractivity contribution in [2.24, 2.45) is 0 Å². The molecule has 1 aromatic heterocycles. The molecule has 0 N–H and O–H groups in total. The van der Waals surface area contributed by atoms with Crippen LogP contribution < -0.4 is 4.74 Å². The third-order valence-electron chi connectivity index (χ3n) is 5.00. The van der Waals surface area contributed by atoms with Gasteiger partial charge in [0.2, 0.25) is 0 Å². The van der Waals surface area contributed by atoms with Crippen molar-refractivity contribution < 1.29 is 13.9 Å². The Morgan fingerprint density at radius 2 is 1.77 bits per heavy atom. The predicted octanol–water partition coefficient (Wildman–Crippen LogP) is 6.19. The number of carbonyl (C=O) groups excluding carboxylic acids is 1. The Kier molecular flexibility index (Phi) is 7.66. The summed E-state index contributed by atoms with van der Waals surface area (Å²) in [5, 5.41) is 0. The fourth-order valence-corrected chi connectivity index (χ4v) is 3.16. The van der Waals surface area contributed by atoms with Crippen molar-refractivity contribution in [3.63, 3.8) is 0 Å².